The minimum absolute atomic E-state index is 0.285. The van der Waals surface area contributed by atoms with Gasteiger partial charge in [-0.1, -0.05) is 17.7 Å². The molecule has 3 heterocycles. The molecule has 0 N–H and O–H groups in total. The second-order valence-corrected chi connectivity index (χ2v) is 9.04. The Morgan fingerprint density at radius 3 is 2.65 bits per heavy atom. The third kappa shape index (κ3) is 2.95. The van der Waals surface area contributed by atoms with Gasteiger partial charge in [-0.15, -0.1) is 21.5 Å². The molecule has 0 spiro atoms. The third-order valence-electron chi connectivity index (χ3n) is 4.50. The number of hydrogen-bond acceptors (Lipinski definition) is 7. The van der Waals surface area contributed by atoms with Crippen molar-refractivity contribution in [2.24, 2.45) is 0 Å². The molecule has 1 atom stereocenters. The Labute approximate surface area is 155 Å². The van der Waals surface area contributed by atoms with Gasteiger partial charge in [0.15, 0.2) is 0 Å². The van der Waals surface area contributed by atoms with Crippen molar-refractivity contribution in [1.29, 1.82) is 0 Å². The molecule has 1 saturated heterocycles. The first-order chi connectivity index (χ1) is 12.5. The standard InChI is InChI=1S/C17H18N4O3S2/c1-11-5-7-13(8-6-11)26(22,23)21-9-3-4-14(21)16-19-20-17(24-16)15-12(2)18-10-25-15/h5-8,10,14H,3-4,9H2,1-2H3/t14-/m1/s1. The molecule has 26 heavy (non-hydrogen) atoms. The van der Waals surface area contributed by atoms with Gasteiger partial charge in [0.2, 0.25) is 15.9 Å². The van der Waals surface area contributed by atoms with Crippen molar-refractivity contribution < 1.29 is 12.8 Å². The number of hydrogen-bond donors (Lipinski definition) is 0. The molecule has 2 aromatic heterocycles. The molecule has 0 unspecified atom stereocenters. The van der Waals surface area contributed by atoms with E-state index in [0.717, 1.165) is 22.6 Å². The zero-order valence-corrected chi connectivity index (χ0v) is 16.0. The van der Waals surface area contributed by atoms with Gasteiger partial charge in [-0.05, 0) is 38.8 Å². The van der Waals surface area contributed by atoms with Crippen LogP contribution in [0.2, 0.25) is 0 Å². The lowest BCUT2D eigenvalue weighted by Crippen LogP contribution is -2.30. The smallest absolute Gasteiger partial charge is 0.259 e. The molecule has 0 bridgehead atoms. The Balaban J connectivity index is 1.66. The fourth-order valence-electron chi connectivity index (χ4n) is 3.09. The Morgan fingerprint density at radius 2 is 1.96 bits per heavy atom. The number of aromatic nitrogens is 3. The number of rotatable bonds is 4. The van der Waals surface area contributed by atoms with Crippen LogP contribution < -0.4 is 0 Å². The molecule has 9 heteroatoms. The predicted molar refractivity (Wildman–Crippen MR) is 97.2 cm³/mol. The molecule has 0 radical (unpaired) electrons. The first-order valence-corrected chi connectivity index (χ1v) is 10.6. The van der Waals surface area contributed by atoms with Crippen LogP contribution in [0, 0.1) is 13.8 Å². The van der Waals surface area contributed by atoms with Crippen LogP contribution in [0.25, 0.3) is 10.8 Å². The average Bonchev–Trinajstić information content (AvgIpc) is 3.34. The van der Waals surface area contributed by atoms with E-state index in [1.54, 1.807) is 29.8 Å². The number of nitrogens with zero attached hydrogens (tertiary/aromatic N) is 4. The molecule has 4 rings (SSSR count). The summed E-state index contributed by atoms with van der Waals surface area (Å²) in [5, 5.41) is 8.22. The lowest BCUT2D eigenvalue weighted by Gasteiger charge is -2.21. The van der Waals surface area contributed by atoms with E-state index in [-0.39, 0.29) is 4.90 Å². The van der Waals surface area contributed by atoms with E-state index in [1.165, 1.54) is 15.6 Å². The summed E-state index contributed by atoms with van der Waals surface area (Å²) >= 11 is 1.42. The summed E-state index contributed by atoms with van der Waals surface area (Å²) in [4.78, 5) is 5.28. The van der Waals surface area contributed by atoms with Gasteiger partial charge >= 0.3 is 0 Å². The summed E-state index contributed by atoms with van der Waals surface area (Å²) < 4.78 is 33.4. The summed E-state index contributed by atoms with van der Waals surface area (Å²) in [7, 11) is -3.61. The molecular weight excluding hydrogens is 372 g/mol. The van der Waals surface area contributed by atoms with Crippen LogP contribution in [-0.4, -0.2) is 34.4 Å². The van der Waals surface area contributed by atoms with Crippen LogP contribution in [0.1, 0.15) is 36.0 Å². The highest BCUT2D eigenvalue weighted by atomic mass is 32.2. The summed E-state index contributed by atoms with van der Waals surface area (Å²) in [6.07, 6.45) is 1.42. The molecule has 1 aliphatic heterocycles. The second kappa shape index (κ2) is 6.57. The largest absolute Gasteiger partial charge is 0.418 e. The molecule has 0 saturated carbocycles. The molecule has 7 nitrogen and oxygen atoms in total. The summed E-state index contributed by atoms with van der Waals surface area (Å²) in [5.74, 6) is 0.723. The van der Waals surface area contributed by atoms with Gasteiger partial charge < -0.3 is 4.42 Å². The fraction of sp³-hybridized carbons (Fsp3) is 0.353. The summed E-state index contributed by atoms with van der Waals surface area (Å²) in [5.41, 5.74) is 3.56. The van der Waals surface area contributed by atoms with Gasteiger partial charge in [0.05, 0.1) is 16.1 Å². The topological polar surface area (TPSA) is 89.2 Å². The SMILES string of the molecule is Cc1ccc(S(=O)(=O)N2CCC[C@@H]2c2nnc(-c3scnc3C)o2)cc1. The van der Waals surface area contributed by atoms with E-state index in [2.05, 4.69) is 15.2 Å². The van der Waals surface area contributed by atoms with E-state index in [1.807, 2.05) is 13.8 Å². The Bertz CT molecular complexity index is 1020. The lowest BCUT2D eigenvalue weighted by atomic mass is 10.2. The molecule has 1 fully saturated rings. The highest BCUT2D eigenvalue weighted by Crippen LogP contribution is 2.37. The molecule has 1 aromatic carbocycles. The Hall–Kier alpha value is -2.10. The van der Waals surface area contributed by atoms with Gasteiger partial charge in [0.1, 0.15) is 10.9 Å². The highest BCUT2D eigenvalue weighted by Gasteiger charge is 2.39. The summed E-state index contributed by atoms with van der Waals surface area (Å²) in [6.45, 7) is 4.24. The van der Waals surface area contributed by atoms with Gasteiger partial charge in [0, 0.05) is 6.54 Å². The Morgan fingerprint density at radius 1 is 1.19 bits per heavy atom. The van der Waals surface area contributed by atoms with Crippen molar-refractivity contribution in [3.8, 4) is 10.8 Å². The molecule has 1 aliphatic rings. The van der Waals surface area contributed by atoms with Crippen LogP contribution in [0.15, 0.2) is 39.1 Å². The van der Waals surface area contributed by atoms with Crippen LogP contribution >= 0.6 is 11.3 Å². The van der Waals surface area contributed by atoms with Crippen LogP contribution in [-0.2, 0) is 10.0 Å². The van der Waals surface area contributed by atoms with Gasteiger partial charge in [-0.25, -0.2) is 13.4 Å². The van der Waals surface area contributed by atoms with Crippen LogP contribution in [0.5, 0.6) is 0 Å². The number of sulfonamides is 1. The third-order valence-corrected chi connectivity index (χ3v) is 7.34. The molecule has 3 aromatic rings. The van der Waals surface area contributed by atoms with Gasteiger partial charge in [-0.2, -0.15) is 4.31 Å². The number of aryl methyl sites for hydroxylation is 2. The maximum Gasteiger partial charge on any atom is 0.259 e. The molecule has 0 amide bonds. The summed E-state index contributed by atoms with van der Waals surface area (Å²) in [6, 6.07) is 6.45. The normalized spacial score (nSPS) is 18.5. The van der Waals surface area contributed by atoms with Crippen molar-refractivity contribution >= 4 is 21.4 Å². The maximum absolute atomic E-state index is 13.0. The number of benzene rings is 1. The van der Waals surface area contributed by atoms with Crippen LogP contribution in [0.3, 0.4) is 0 Å². The fourth-order valence-corrected chi connectivity index (χ4v) is 5.46. The average molecular weight is 390 g/mol. The van der Waals surface area contributed by atoms with Gasteiger partial charge in [-0.3, -0.25) is 0 Å². The molecule has 136 valence electrons. The van der Waals surface area contributed by atoms with E-state index in [0.29, 0.717) is 24.7 Å². The van der Waals surface area contributed by atoms with Crippen molar-refractivity contribution in [3.63, 3.8) is 0 Å². The van der Waals surface area contributed by atoms with E-state index < -0.39 is 16.1 Å². The van der Waals surface area contributed by atoms with Gasteiger partial charge in [0.25, 0.3) is 5.89 Å². The second-order valence-electron chi connectivity index (χ2n) is 6.30. The monoisotopic (exact) mass is 390 g/mol. The predicted octanol–water partition coefficient (Wildman–Crippen LogP) is 3.34. The van der Waals surface area contributed by atoms with Crippen molar-refractivity contribution in [2.45, 2.75) is 37.6 Å². The first-order valence-electron chi connectivity index (χ1n) is 8.29. The van der Waals surface area contributed by atoms with Crippen molar-refractivity contribution in [2.75, 3.05) is 6.54 Å². The van der Waals surface area contributed by atoms with E-state index in [4.69, 9.17) is 4.42 Å². The zero-order valence-electron chi connectivity index (χ0n) is 14.4. The zero-order chi connectivity index (χ0) is 18.3. The van der Waals surface area contributed by atoms with Crippen molar-refractivity contribution in [1.82, 2.24) is 19.5 Å². The Kier molecular flexibility index (Phi) is 4.37. The minimum atomic E-state index is -3.61. The lowest BCUT2D eigenvalue weighted by molar-refractivity contribution is 0.332. The van der Waals surface area contributed by atoms with E-state index in [9.17, 15) is 8.42 Å². The van der Waals surface area contributed by atoms with E-state index >= 15 is 0 Å². The number of thiazole rings is 1. The first kappa shape index (κ1) is 17.3. The minimum Gasteiger partial charge on any atom is -0.418 e. The maximum atomic E-state index is 13.0. The van der Waals surface area contributed by atoms with Crippen LogP contribution in [0.4, 0.5) is 0 Å². The quantitative estimate of drug-likeness (QED) is 0.679. The highest BCUT2D eigenvalue weighted by molar-refractivity contribution is 7.89. The molecule has 0 aliphatic carbocycles. The molecular formula is C17H18N4O3S2. The van der Waals surface area contributed by atoms with Crippen molar-refractivity contribution in [3.05, 3.63) is 46.9 Å².